The van der Waals surface area contributed by atoms with Crippen LogP contribution >= 0.6 is 11.6 Å². The number of nitriles is 1. The molecular weight excluding hydrogens is 174 g/mol. The van der Waals surface area contributed by atoms with Gasteiger partial charge in [-0.15, -0.1) is 0 Å². The highest BCUT2D eigenvalue weighted by molar-refractivity contribution is 6.30. The molecule has 1 atom stereocenters. The zero-order valence-electron chi connectivity index (χ0n) is 7.29. The fourth-order valence-electron chi connectivity index (χ4n) is 0.819. The molecule has 0 bridgehead atoms. The Balaban J connectivity index is 2.95. The lowest BCUT2D eigenvalue weighted by molar-refractivity contribution is 0.183. The van der Waals surface area contributed by atoms with Crippen LogP contribution in [-0.2, 0) is 0 Å². The fraction of sp³-hybridized carbons (Fsp3) is 0.222. The number of aliphatic hydroxyl groups is 1. The molecule has 0 aliphatic carbocycles. The van der Waals surface area contributed by atoms with E-state index in [0.717, 1.165) is 0 Å². The van der Waals surface area contributed by atoms with Gasteiger partial charge in [-0.2, -0.15) is 5.26 Å². The van der Waals surface area contributed by atoms with E-state index in [1.807, 2.05) is 0 Å². The molecule has 1 aromatic carbocycles. The summed E-state index contributed by atoms with van der Waals surface area (Å²) in [6.07, 6.45) is -2.09. The highest BCUT2D eigenvalue weighted by atomic mass is 35.5. The van der Waals surface area contributed by atoms with Gasteiger partial charge in [0.1, 0.15) is 0 Å². The third kappa shape index (κ3) is 2.23. The van der Waals surface area contributed by atoms with Crippen molar-refractivity contribution in [1.29, 1.82) is 5.26 Å². The van der Waals surface area contributed by atoms with Crippen LogP contribution in [-0.4, -0.2) is 5.11 Å². The van der Waals surface area contributed by atoms with Gasteiger partial charge in [0.15, 0.2) is 0 Å². The van der Waals surface area contributed by atoms with Crippen LogP contribution in [0.25, 0.3) is 0 Å². The Labute approximate surface area is 77.4 Å². The summed E-state index contributed by atoms with van der Waals surface area (Å²) in [4.78, 5) is 0. The first-order chi connectivity index (χ1) is 6.06. The molecule has 2 nitrogen and oxygen atoms in total. The van der Waals surface area contributed by atoms with Crippen molar-refractivity contribution in [3.8, 4) is 6.07 Å². The van der Waals surface area contributed by atoms with Crippen LogP contribution < -0.4 is 0 Å². The maximum atomic E-state index is 9.48. The minimum Gasteiger partial charge on any atom is -0.387 e. The average molecular weight is 183 g/mol. The first-order valence-electron chi connectivity index (χ1n) is 3.91. The average Bonchev–Trinajstić information content (AvgIpc) is 2.05. The summed E-state index contributed by atoms with van der Waals surface area (Å²) < 4.78 is 7.43. The molecule has 0 saturated heterocycles. The zero-order valence-corrected chi connectivity index (χ0v) is 7.04. The molecule has 0 saturated carbocycles. The zero-order chi connectivity index (χ0) is 9.90. The van der Waals surface area contributed by atoms with E-state index in [0.29, 0.717) is 10.6 Å². The molecule has 3 heteroatoms. The van der Waals surface area contributed by atoms with Crippen LogP contribution in [0.3, 0.4) is 0 Å². The van der Waals surface area contributed by atoms with E-state index in [4.69, 9.17) is 18.2 Å². The summed E-state index contributed by atoms with van der Waals surface area (Å²) in [5, 5.41) is 18.4. The maximum Gasteiger partial charge on any atom is 0.0919 e. The summed E-state index contributed by atoms with van der Waals surface area (Å²) in [6.45, 7) is 0. The number of nitrogens with zero attached hydrogens (tertiary/aromatic N) is 1. The number of hydrogen-bond donors (Lipinski definition) is 1. The van der Waals surface area contributed by atoms with E-state index < -0.39 is 6.08 Å². The first-order valence-corrected chi connectivity index (χ1v) is 3.79. The monoisotopic (exact) mass is 182 g/mol. The third-order valence-electron chi connectivity index (χ3n) is 1.42. The lowest BCUT2D eigenvalue weighted by Gasteiger charge is -2.05. The molecule has 0 spiro atoms. The number of hydrogen-bond acceptors (Lipinski definition) is 2. The molecule has 12 heavy (non-hydrogen) atoms. The van der Waals surface area contributed by atoms with Crippen LogP contribution in [0.1, 0.15) is 19.4 Å². The molecule has 0 aliphatic heterocycles. The van der Waals surface area contributed by atoms with Gasteiger partial charge < -0.3 is 5.11 Å². The standard InChI is InChI=1S/C9H8ClNO/c10-8-3-1-7(2-4-8)9(12)5-6-11/h1-4,9,12H,5H2/t9-/m0/s1/i9D. The van der Waals surface area contributed by atoms with Crippen molar-refractivity contribution in [3.05, 3.63) is 34.9 Å². The van der Waals surface area contributed by atoms with Gasteiger partial charge in [0.05, 0.1) is 19.9 Å². The Hall–Kier alpha value is -1.04. The second-order valence-corrected chi connectivity index (χ2v) is 2.72. The quantitative estimate of drug-likeness (QED) is 0.763. The van der Waals surface area contributed by atoms with Gasteiger partial charge in [-0.05, 0) is 17.7 Å². The molecule has 1 aromatic rings. The van der Waals surface area contributed by atoms with E-state index >= 15 is 0 Å². The Morgan fingerprint density at radius 2 is 2.17 bits per heavy atom. The number of benzene rings is 1. The SMILES string of the molecule is [2H][C@](O)(CC#N)c1ccc(Cl)cc1. The van der Waals surface area contributed by atoms with E-state index in [1.54, 1.807) is 18.2 Å². The molecule has 0 amide bonds. The highest BCUT2D eigenvalue weighted by Gasteiger charge is 2.05. The molecule has 1 N–H and O–H groups in total. The van der Waals surface area contributed by atoms with Gasteiger partial charge in [-0.1, -0.05) is 23.7 Å². The number of rotatable bonds is 2. The highest BCUT2D eigenvalue weighted by Crippen LogP contribution is 2.18. The molecule has 0 aromatic heterocycles. The summed E-state index contributed by atoms with van der Waals surface area (Å²) in [7, 11) is 0. The van der Waals surface area contributed by atoms with Crippen molar-refractivity contribution in [2.75, 3.05) is 0 Å². The Morgan fingerprint density at radius 3 is 2.67 bits per heavy atom. The smallest absolute Gasteiger partial charge is 0.0919 e. The van der Waals surface area contributed by atoms with Crippen molar-refractivity contribution in [3.63, 3.8) is 0 Å². The van der Waals surface area contributed by atoms with Crippen molar-refractivity contribution in [1.82, 2.24) is 0 Å². The van der Waals surface area contributed by atoms with Gasteiger partial charge in [0, 0.05) is 5.02 Å². The number of halogens is 1. The second kappa shape index (κ2) is 4.10. The van der Waals surface area contributed by atoms with Crippen LogP contribution in [0.5, 0.6) is 0 Å². The molecule has 0 unspecified atom stereocenters. The Bertz CT molecular complexity index is 328. The summed E-state index contributed by atoms with van der Waals surface area (Å²) in [5.74, 6) is 0. The summed E-state index contributed by atoms with van der Waals surface area (Å²) >= 11 is 5.63. The molecule has 0 fully saturated rings. The Morgan fingerprint density at radius 1 is 1.58 bits per heavy atom. The minimum absolute atomic E-state index is 0.255. The predicted molar refractivity (Wildman–Crippen MR) is 46.6 cm³/mol. The van der Waals surface area contributed by atoms with E-state index in [9.17, 15) is 5.11 Å². The second-order valence-electron chi connectivity index (χ2n) is 2.29. The maximum absolute atomic E-state index is 9.48. The summed E-state index contributed by atoms with van der Waals surface area (Å²) in [6, 6.07) is 7.97. The third-order valence-corrected chi connectivity index (χ3v) is 1.68. The van der Waals surface area contributed by atoms with E-state index in [-0.39, 0.29) is 6.42 Å². The minimum atomic E-state index is -1.83. The Kier molecular flexibility index (Phi) is 2.60. The van der Waals surface area contributed by atoms with Gasteiger partial charge in [0.25, 0.3) is 0 Å². The van der Waals surface area contributed by atoms with Crippen molar-refractivity contribution in [2.24, 2.45) is 0 Å². The fourth-order valence-corrected chi connectivity index (χ4v) is 0.945. The van der Waals surface area contributed by atoms with Crippen LogP contribution in [0, 0.1) is 11.3 Å². The molecular formula is C9H8ClNO. The van der Waals surface area contributed by atoms with E-state index in [2.05, 4.69) is 0 Å². The first kappa shape index (κ1) is 7.60. The van der Waals surface area contributed by atoms with Crippen molar-refractivity contribution < 1.29 is 6.48 Å². The van der Waals surface area contributed by atoms with Gasteiger partial charge in [-0.25, -0.2) is 0 Å². The molecule has 0 radical (unpaired) electrons. The topological polar surface area (TPSA) is 44.0 Å². The molecule has 1 rings (SSSR count). The van der Waals surface area contributed by atoms with Crippen molar-refractivity contribution >= 4 is 11.6 Å². The molecule has 62 valence electrons. The normalized spacial score (nSPS) is 15.9. The largest absolute Gasteiger partial charge is 0.387 e. The van der Waals surface area contributed by atoms with Crippen LogP contribution in [0.15, 0.2) is 24.3 Å². The lowest BCUT2D eigenvalue weighted by atomic mass is 10.1. The molecule has 0 aliphatic rings. The molecule has 0 heterocycles. The lowest BCUT2D eigenvalue weighted by Crippen LogP contribution is -1.94. The predicted octanol–water partition coefficient (Wildman–Crippen LogP) is 2.29. The summed E-state index contributed by atoms with van der Waals surface area (Å²) in [5.41, 5.74) is 0.374. The van der Waals surface area contributed by atoms with Crippen molar-refractivity contribution in [2.45, 2.75) is 12.5 Å². The van der Waals surface area contributed by atoms with Gasteiger partial charge in [0.2, 0.25) is 0 Å². The van der Waals surface area contributed by atoms with E-state index in [1.165, 1.54) is 12.1 Å². The van der Waals surface area contributed by atoms with Crippen LogP contribution in [0.2, 0.25) is 5.02 Å². The van der Waals surface area contributed by atoms with Crippen LogP contribution in [0.4, 0.5) is 0 Å². The van der Waals surface area contributed by atoms with Gasteiger partial charge in [-0.3, -0.25) is 0 Å². The van der Waals surface area contributed by atoms with Gasteiger partial charge >= 0.3 is 0 Å².